The van der Waals surface area contributed by atoms with E-state index in [1.807, 2.05) is 31.2 Å². The molecule has 144 valence electrons. The predicted molar refractivity (Wildman–Crippen MR) is 109 cm³/mol. The van der Waals surface area contributed by atoms with Crippen molar-refractivity contribution in [2.75, 3.05) is 38.2 Å². The number of thiophene rings is 1. The zero-order chi connectivity index (χ0) is 19.3. The van der Waals surface area contributed by atoms with Gasteiger partial charge in [-0.1, -0.05) is 23.8 Å². The van der Waals surface area contributed by atoms with Crippen molar-refractivity contribution in [3.63, 3.8) is 0 Å². The van der Waals surface area contributed by atoms with Gasteiger partial charge in [-0.2, -0.15) is 10.2 Å². The van der Waals surface area contributed by atoms with Gasteiger partial charge in [-0.25, -0.2) is 0 Å². The minimum Gasteiger partial charge on any atom is -0.419 e. The smallest absolute Gasteiger partial charge is 0.232 e. The summed E-state index contributed by atoms with van der Waals surface area (Å²) in [5.74, 6) is 0.881. The van der Waals surface area contributed by atoms with Crippen LogP contribution in [0.15, 0.2) is 46.2 Å². The van der Waals surface area contributed by atoms with Crippen LogP contribution in [0.2, 0.25) is 0 Å². The molecule has 0 spiro atoms. The zero-order valence-electron chi connectivity index (χ0n) is 15.7. The molecule has 1 fully saturated rings. The van der Waals surface area contributed by atoms with Crippen LogP contribution < -0.4 is 5.32 Å². The van der Waals surface area contributed by atoms with Crippen LogP contribution in [0.5, 0.6) is 0 Å². The Balaban J connectivity index is 1.54. The third kappa shape index (κ3) is 4.09. The van der Waals surface area contributed by atoms with Crippen molar-refractivity contribution in [3.05, 3.63) is 57.9 Å². The van der Waals surface area contributed by atoms with Gasteiger partial charge in [0, 0.05) is 30.1 Å². The molecule has 0 unspecified atom stereocenters. The number of nitrogens with zero attached hydrogens (tertiary/aromatic N) is 3. The first-order valence-corrected chi connectivity index (χ1v) is 10.2. The molecule has 0 aliphatic carbocycles. The Labute approximate surface area is 168 Å². The molecule has 3 heterocycles. The lowest BCUT2D eigenvalue weighted by Crippen LogP contribution is -2.41. The normalized spacial score (nSPS) is 15.9. The summed E-state index contributed by atoms with van der Waals surface area (Å²) >= 11 is 1.74. The van der Waals surface area contributed by atoms with E-state index in [0.717, 1.165) is 31.9 Å². The van der Waals surface area contributed by atoms with Crippen molar-refractivity contribution in [2.45, 2.75) is 13.0 Å². The van der Waals surface area contributed by atoms with Crippen molar-refractivity contribution in [1.29, 1.82) is 5.26 Å². The van der Waals surface area contributed by atoms with Gasteiger partial charge < -0.3 is 14.5 Å². The number of hydrogen-bond donors (Lipinski definition) is 1. The number of ether oxygens (including phenoxy) is 1. The summed E-state index contributed by atoms with van der Waals surface area (Å²) in [7, 11) is 0. The largest absolute Gasteiger partial charge is 0.419 e. The van der Waals surface area contributed by atoms with Gasteiger partial charge in [0.05, 0.1) is 19.3 Å². The van der Waals surface area contributed by atoms with Gasteiger partial charge in [-0.3, -0.25) is 4.90 Å². The van der Waals surface area contributed by atoms with E-state index in [1.165, 1.54) is 10.4 Å². The second kappa shape index (κ2) is 8.57. The van der Waals surface area contributed by atoms with Crippen LogP contribution in [0.25, 0.3) is 11.5 Å². The fourth-order valence-corrected chi connectivity index (χ4v) is 4.17. The van der Waals surface area contributed by atoms with Crippen LogP contribution in [-0.4, -0.2) is 42.7 Å². The Morgan fingerprint density at radius 2 is 2.04 bits per heavy atom. The number of hydrogen-bond acceptors (Lipinski definition) is 7. The molecule has 1 aliphatic heterocycles. The highest BCUT2D eigenvalue weighted by Gasteiger charge is 2.24. The third-order valence-electron chi connectivity index (χ3n) is 4.85. The predicted octanol–water partition coefficient (Wildman–Crippen LogP) is 4.07. The zero-order valence-corrected chi connectivity index (χ0v) is 16.5. The molecular formula is C21H22N4O2S. The fraction of sp³-hybridized carbons (Fsp3) is 0.333. The SMILES string of the molecule is Cc1ccc(-c2nc(C#N)c(NC[C@H](c3cccs3)N3CCOCC3)o2)cc1. The van der Waals surface area contributed by atoms with Crippen LogP contribution in [0, 0.1) is 18.3 Å². The van der Waals surface area contributed by atoms with Crippen LogP contribution in [0.3, 0.4) is 0 Å². The number of nitrogens with one attached hydrogen (secondary N) is 1. The van der Waals surface area contributed by atoms with Crippen LogP contribution >= 0.6 is 11.3 Å². The number of aromatic nitrogens is 1. The Kier molecular flexibility index (Phi) is 5.72. The van der Waals surface area contributed by atoms with Gasteiger partial charge in [0.15, 0.2) is 0 Å². The van der Waals surface area contributed by atoms with E-state index in [4.69, 9.17) is 9.15 Å². The average Bonchev–Trinajstić information content (AvgIpc) is 3.40. The molecule has 28 heavy (non-hydrogen) atoms. The molecule has 6 nitrogen and oxygen atoms in total. The molecule has 4 rings (SSSR count). The second-order valence-corrected chi connectivity index (χ2v) is 7.71. The number of rotatable bonds is 6. The molecule has 1 aliphatic rings. The van der Waals surface area contributed by atoms with Crippen LogP contribution in [0.1, 0.15) is 22.2 Å². The van der Waals surface area contributed by atoms with Gasteiger partial charge in [0.2, 0.25) is 17.5 Å². The molecule has 0 saturated carbocycles. The number of morpholine rings is 1. The maximum atomic E-state index is 9.48. The van der Waals surface area contributed by atoms with E-state index in [0.29, 0.717) is 18.3 Å². The van der Waals surface area contributed by atoms with Crippen molar-refractivity contribution >= 4 is 17.2 Å². The quantitative estimate of drug-likeness (QED) is 0.679. The standard InChI is InChI=1S/C21H22N4O2S/c1-15-4-6-16(7-5-15)20-24-17(13-22)21(27-20)23-14-18(19-3-2-12-28-19)25-8-10-26-11-9-25/h2-7,12,18,23H,8-11,14H2,1H3/t18-/m1/s1. The molecule has 0 radical (unpaired) electrons. The van der Waals surface area contributed by atoms with Gasteiger partial charge in [0.1, 0.15) is 6.07 Å². The fourth-order valence-electron chi connectivity index (χ4n) is 3.30. The molecule has 7 heteroatoms. The minimum absolute atomic E-state index is 0.198. The third-order valence-corrected chi connectivity index (χ3v) is 5.82. The average molecular weight is 395 g/mol. The van der Waals surface area contributed by atoms with E-state index in [-0.39, 0.29) is 11.7 Å². The maximum absolute atomic E-state index is 9.48. The number of nitriles is 1. The van der Waals surface area contributed by atoms with E-state index >= 15 is 0 Å². The van der Waals surface area contributed by atoms with Crippen molar-refractivity contribution in [1.82, 2.24) is 9.88 Å². The van der Waals surface area contributed by atoms with Gasteiger partial charge in [-0.15, -0.1) is 11.3 Å². The van der Waals surface area contributed by atoms with Gasteiger partial charge in [0.25, 0.3) is 0 Å². The summed E-state index contributed by atoms with van der Waals surface area (Å²) in [5, 5.41) is 14.9. The van der Waals surface area contributed by atoms with E-state index in [2.05, 4.69) is 38.8 Å². The summed E-state index contributed by atoms with van der Waals surface area (Å²) in [5.41, 5.74) is 2.30. The first-order chi connectivity index (χ1) is 13.7. The first-order valence-electron chi connectivity index (χ1n) is 9.31. The van der Waals surface area contributed by atoms with Crippen LogP contribution in [-0.2, 0) is 4.74 Å². The molecule has 1 N–H and O–H groups in total. The van der Waals surface area contributed by atoms with Crippen molar-refractivity contribution in [3.8, 4) is 17.5 Å². The van der Waals surface area contributed by atoms with Crippen molar-refractivity contribution < 1.29 is 9.15 Å². The monoisotopic (exact) mass is 394 g/mol. The van der Waals surface area contributed by atoms with E-state index < -0.39 is 0 Å². The lowest BCUT2D eigenvalue weighted by atomic mass is 10.1. The highest BCUT2D eigenvalue weighted by Crippen LogP contribution is 2.29. The topological polar surface area (TPSA) is 74.3 Å². The lowest BCUT2D eigenvalue weighted by molar-refractivity contribution is 0.0193. The van der Waals surface area contributed by atoms with E-state index in [9.17, 15) is 5.26 Å². The van der Waals surface area contributed by atoms with Gasteiger partial charge >= 0.3 is 0 Å². The Bertz CT molecular complexity index is 938. The molecule has 0 bridgehead atoms. The molecule has 0 amide bonds. The molecule has 1 atom stereocenters. The number of aryl methyl sites for hydroxylation is 1. The molecule has 1 aromatic carbocycles. The van der Waals surface area contributed by atoms with Crippen molar-refractivity contribution in [2.24, 2.45) is 0 Å². The summed E-state index contributed by atoms with van der Waals surface area (Å²) in [4.78, 5) is 8.05. The summed E-state index contributed by atoms with van der Waals surface area (Å²) < 4.78 is 11.4. The Morgan fingerprint density at radius 3 is 2.71 bits per heavy atom. The molecule has 2 aromatic heterocycles. The number of benzene rings is 1. The Morgan fingerprint density at radius 1 is 1.25 bits per heavy atom. The maximum Gasteiger partial charge on any atom is 0.232 e. The number of anilines is 1. The number of oxazole rings is 1. The van der Waals surface area contributed by atoms with Gasteiger partial charge in [-0.05, 0) is 30.5 Å². The summed E-state index contributed by atoms with van der Waals surface area (Å²) in [6.45, 7) is 5.93. The summed E-state index contributed by atoms with van der Waals surface area (Å²) in [6, 6.07) is 14.5. The first kappa shape index (κ1) is 18.7. The Hall–Kier alpha value is -2.66. The van der Waals surface area contributed by atoms with E-state index in [1.54, 1.807) is 11.3 Å². The molecule has 3 aromatic rings. The second-order valence-electron chi connectivity index (χ2n) is 6.74. The molecule has 1 saturated heterocycles. The highest BCUT2D eigenvalue weighted by molar-refractivity contribution is 7.10. The lowest BCUT2D eigenvalue weighted by Gasteiger charge is -2.34. The van der Waals surface area contributed by atoms with Crippen LogP contribution in [0.4, 0.5) is 5.88 Å². The molecular weight excluding hydrogens is 372 g/mol. The highest BCUT2D eigenvalue weighted by atomic mass is 32.1. The minimum atomic E-state index is 0.198. The summed E-state index contributed by atoms with van der Waals surface area (Å²) in [6.07, 6.45) is 0.